The summed E-state index contributed by atoms with van der Waals surface area (Å²) in [7, 11) is 0.782. The summed E-state index contributed by atoms with van der Waals surface area (Å²) in [5.74, 6) is -1.36. The van der Waals surface area contributed by atoms with E-state index in [4.69, 9.17) is 21.4 Å². The molecule has 13 heteroatoms. The number of hydrogen-bond donors (Lipinski definition) is 2. The number of amides is 1. The number of carbonyl (C=O) groups is 1. The molecule has 0 saturated carbocycles. The molecule has 1 aromatic heterocycles. The first-order chi connectivity index (χ1) is 12.9. The second-order valence-electron chi connectivity index (χ2n) is 5.36. The van der Waals surface area contributed by atoms with E-state index < -0.39 is 40.7 Å². The Kier molecular flexibility index (Phi) is 6.02. The zero-order chi connectivity index (χ0) is 21.2. The third kappa shape index (κ3) is 4.44. The van der Waals surface area contributed by atoms with Crippen LogP contribution in [0.1, 0.15) is 5.69 Å². The number of aromatic nitrogens is 2. The lowest BCUT2D eigenvalue weighted by atomic mass is 10.2. The van der Waals surface area contributed by atoms with Crippen LogP contribution in [0.15, 0.2) is 27.8 Å². The summed E-state index contributed by atoms with van der Waals surface area (Å²) in [5, 5.41) is 10.2. The lowest BCUT2D eigenvalue weighted by Crippen LogP contribution is -2.41. The Morgan fingerprint density at radius 2 is 1.93 bits per heavy atom. The number of ether oxygens (including phenoxy) is 1. The van der Waals surface area contributed by atoms with Crippen LogP contribution in [0.4, 0.5) is 22.4 Å². The van der Waals surface area contributed by atoms with Crippen LogP contribution in [-0.4, -0.2) is 33.5 Å². The average molecular weight is 426 g/mol. The summed E-state index contributed by atoms with van der Waals surface area (Å²) in [6.45, 7) is -0.378. The molecule has 1 aromatic carbocycles. The van der Waals surface area contributed by atoms with Gasteiger partial charge in [0.15, 0.2) is 0 Å². The number of nitrogens with zero attached hydrogens (tertiary/aromatic N) is 2. The molecule has 152 valence electrons. The summed E-state index contributed by atoms with van der Waals surface area (Å²) >= 11 is 5.81. The van der Waals surface area contributed by atoms with Crippen LogP contribution in [0, 0.1) is 5.82 Å². The highest BCUT2D eigenvalue weighted by molar-refractivity contribution is 6.32. The van der Waals surface area contributed by atoms with Gasteiger partial charge in [0.2, 0.25) is 0 Å². The first kappa shape index (κ1) is 21.3. The molecule has 2 N–H and O–H groups in total. The number of nitrogens with one attached hydrogen (secondary N) is 1. The van der Waals surface area contributed by atoms with Gasteiger partial charge in [-0.25, -0.2) is 18.5 Å². The monoisotopic (exact) mass is 425 g/mol. The molecular formula is C15H12ClF4N3O5. The minimum Gasteiger partial charge on any atom is -0.490 e. The zero-order valence-electron chi connectivity index (χ0n) is 14.0. The Morgan fingerprint density at radius 3 is 2.50 bits per heavy atom. The second kappa shape index (κ2) is 7.92. The summed E-state index contributed by atoms with van der Waals surface area (Å²) in [6, 6.07) is 1.72. The molecule has 1 amide bonds. The van der Waals surface area contributed by atoms with Gasteiger partial charge in [-0.15, -0.1) is 0 Å². The zero-order valence-corrected chi connectivity index (χ0v) is 14.8. The lowest BCUT2D eigenvalue weighted by molar-refractivity contribution is -0.144. The van der Waals surface area contributed by atoms with E-state index in [0.29, 0.717) is 6.07 Å². The molecule has 0 aliphatic heterocycles. The summed E-state index contributed by atoms with van der Waals surface area (Å²) in [6.07, 6.45) is -6.27. The number of hydrogen-bond acceptors (Lipinski definition) is 4. The summed E-state index contributed by atoms with van der Waals surface area (Å²) in [5.41, 5.74) is -5.01. The SMILES string of the molecule is Cn1c(C(F)(F)F)cc(=O)n(-c2cc(OCCNC(=O)O)c(Cl)cc2F)c1=O. The second-order valence-corrected chi connectivity index (χ2v) is 5.76. The van der Waals surface area contributed by atoms with Gasteiger partial charge in [-0.1, -0.05) is 11.6 Å². The standard InChI is InChI=1S/C15H12ClF4N3O5/c1-22-11(15(18,19)20)6-12(24)23(14(22)27)9-5-10(7(16)4-8(9)17)28-3-2-21-13(25)26/h4-6,21H,2-3H2,1H3,(H,25,26). The third-order valence-electron chi connectivity index (χ3n) is 3.49. The van der Waals surface area contributed by atoms with Gasteiger partial charge < -0.3 is 15.2 Å². The minimum atomic E-state index is -4.96. The van der Waals surface area contributed by atoms with Crippen LogP contribution < -0.4 is 21.3 Å². The van der Waals surface area contributed by atoms with Crippen molar-refractivity contribution in [2.24, 2.45) is 7.05 Å². The molecular weight excluding hydrogens is 414 g/mol. The quantitative estimate of drug-likeness (QED) is 0.563. The number of halogens is 5. The predicted molar refractivity (Wildman–Crippen MR) is 88.8 cm³/mol. The van der Waals surface area contributed by atoms with Gasteiger partial charge in [-0.3, -0.25) is 9.36 Å². The topological polar surface area (TPSA) is 103 Å². The number of benzene rings is 1. The van der Waals surface area contributed by atoms with Crippen molar-refractivity contribution in [3.05, 3.63) is 55.6 Å². The van der Waals surface area contributed by atoms with Gasteiger partial charge in [0.1, 0.15) is 23.9 Å². The summed E-state index contributed by atoms with van der Waals surface area (Å²) in [4.78, 5) is 34.7. The van der Waals surface area contributed by atoms with E-state index in [1.165, 1.54) is 0 Å². The van der Waals surface area contributed by atoms with Crippen molar-refractivity contribution in [1.82, 2.24) is 14.5 Å². The Morgan fingerprint density at radius 1 is 1.29 bits per heavy atom. The number of carboxylic acid groups (broad SMARTS) is 1. The minimum absolute atomic E-state index is 0.152. The highest BCUT2D eigenvalue weighted by atomic mass is 35.5. The molecule has 0 spiro atoms. The first-order valence-corrected chi connectivity index (χ1v) is 7.80. The fourth-order valence-electron chi connectivity index (χ4n) is 2.24. The van der Waals surface area contributed by atoms with Crippen molar-refractivity contribution in [2.75, 3.05) is 13.2 Å². The molecule has 0 bridgehead atoms. The Labute approximate surface area is 158 Å². The fraction of sp³-hybridized carbons (Fsp3) is 0.267. The number of rotatable bonds is 5. The molecule has 2 rings (SSSR count). The van der Waals surface area contributed by atoms with Gasteiger partial charge in [0.25, 0.3) is 5.56 Å². The van der Waals surface area contributed by atoms with Crippen LogP contribution in [0.25, 0.3) is 5.69 Å². The molecule has 0 unspecified atom stereocenters. The van der Waals surface area contributed by atoms with Crippen LogP contribution in [0.3, 0.4) is 0 Å². The molecule has 2 aromatic rings. The largest absolute Gasteiger partial charge is 0.490 e. The molecule has 0 fully saturated rings. The fourth-order valence-corrected chi connectivity index (χ4v) is 2.44. The molecule has 0 saturated heterocycles. The summed E-state index contributed by atoms with van der Waals surface area (Å²) < 4.78 is 58.5. The van der Waals surface area contributed by atoms with Gasteiger partial charge in [-0.05, 0) is 6.07 Å². The van der Waals surface area contributed by atoms with Gasteiger partial charge >= 0.3 is 18.0 Å². The van der Waals surface area contributed by atoms with E-state index in [9.17, 15) is 31.9 Å². The highest BCUT2D eigenvalue weighted by Gasteiger charge is 2.35. The lowest BCUT2D eigenvalue weighted by Gasteiger charge is -2.15. The van der Waals surface area contributed by atoms with Crippen LogP contribution in [-0.2, 0) is 13.2 Å². The Balaban J connectivity index is 2.52. The normalized spacial score (nSPS) is 11.4. The average Bonchev–Trinajstić information content (AvgIpc) is 2.56. The maximum atomic E-state index is 14.3. The van der Waals surface area contributed by atoms with Gasteiger partial charge in [0.05, 0.1) is 17.3 Å². The van der Waals surface area contributed by atoms with E-state index in [1.54, 1.807) is 0 Å². The molecule has 0 aliphatic rings. The molecule has 0 atom stereocenters. The molecule has 1 heterocycles. The van der Waals surface area contributed by atoms with E-state index in [2.05, 4.69) is 0 Å². The molecule has 28 heavy (non-hydrogen) atoms. The Bertz CT molecular complexity index is 1030. The van der Waals surface area contributed by atoms with E-state index in [-0.39, 0.29) is 39.1 Å². The Hall–Kier alpha value is -3.02. The van der Waals surface area contributed by atoms with Gasteiger partial charge in [-0.2, -0.15) is 13.2 Å². The molecule has 8 nitrogen and oxygen atoms in total. The predicted octanol–water partition coefficient (Wildman–Crippen LogP) is 1.99. The van der Waals surface area contributed by atoms with Crippen molar-refractivity contribution in [3.8, 4) is 11.4 Å². The van der Waals surface area contributed by atoms with Crippen molar-refractivity contribution >= 4 is 17.7 Å². The smallest absolute Gasteiger partial charge is 0.431 e. The third-order valence-corrected chi connectivity index (χ3v) is 3.78. The van der Waals surface area contributed by atoms with Crippen LogP contribution >= 0.6 is 11.6 Å². The van der Waals surface area contributed by atoms with E-state index in [1.807, 2.05) is 5.32 Å². The number of alkyl halides is 3. The van der Waals surface area contributed by atoms with Crippen molar-refractivity contribution in [2.45, 2.75) is 6.18 Å². The molecule has 0 aliphatic carbocycles. The molecule has 0 radical (unpaired) electrons. The van der Waals surface area contributed by atoms with E-state index in [0.717, 1.165) is 13.1 Å². The van der Waals surface area contributed by atoms with Crippen molar-refractivity contribution in [3.63, 3.8) is 0 Å². The van der Waals surface area contributed by atoms with Crippen LogP contribution in [0.5, 0.6) is 5.75 Å². The van der Waals surface area contributed by atoms with Crippen molar-refractivity contribution < 1.29 is 32.2 Å². The maximum absolute atomic E-state index is 14.3. The highest BCUT2D eigenvalue weighted by Crippen LogP contribution is 2.30. The van der Waals surface area contributed by atoms with Crippen LogP contribution in [0.2, 0.25) is 5.02 Å². The first-order valence-electron chi connectivity index (χ1n) is 7.42. The maximum Gasteiger partial charge on any atom is 0.431 e. The van der Waals surface area contributed by atoms with Gasteiger partial charge in [0, 0.05) is 19.2 Å². The van der Waals surface area contributed by atoms with Crippen molar-refractivity contribution in [1.29, 1.82) is 0 Å². The van der Waals surface area contributed by atoms with E-state index >= 15 is 0 Å².